The number of rotatable bonds is 6. The van der Waals surface area contributed by atoms with Gasteiger partial charge >= 0.3 is 0 Å². The molecule has 0 amide bonds. The van der Waals surface area contributed by atoms with E-state index < -0.39 is 11.6 Å². The highest BCUT2D eigenvalue weighted by Crippen LogP contribution is 2.32. The second kappa shape index (κ2) is 8.67. The summed E-state index contributed by atoms with van der Waals surface area (Å²) in [6.07, 6.45) is 0. The molecular weight excluding hydrogens is 404 g/mol. The lowest BCUT2D eigenvalue weighted by molar-refractivity contribution is 0.415. The Kier molecular flexibility index (Phi) is 5.81. The first-order valence-electron chi connectivity index (χ1n) is 9.29. The van der Waals surface area contributed by atoms with Crippen molar-refractivity contribution < 1.29 is 13.5 Å². The zero-order valence-electron chi connectivity index (χ0n) is 16.5. The predicted octanol–water partition coefficient (Wildman–Crippen LogP) is 5.82. The molecule has 30 heavy (non-hydrogen) atoms. The van der Waals surface area contributed by atoms with E-state index in [9.17, 15) is 8.78 Å². The van der Waals surface area contributed by atoms with E-state index >= 15 is 0 Å². The third kappa shape index (κ3) is 4.07. The Morgan fingerprint density at radius 2 is 1.73 bits per heavy atom. The molecule has 1 aromatic heterocycles. The SMILES string of the molecule is COc1ccc(-c2nnc(SCc3cc(F)ccc3F)n2-c2ccccc2C)cc1. The van der Waals surface area contributed by atoms with E-state index in [-0.39, 0.29) is 11.3 Å². The first kappa shape index (κ1) is 20.1. The van der Waals surface area contributed by atoms with E-state index in [0.29, 0.717) is 11.0 Å². The minimum atomic E-state index is -0.466. The van der Waals surface area contributed by atoms with Crippen molar-refractivity contribution in [2.45, 2.75) is 17.8 Å². The molecule has 0 aliphatic carbocycles. The lowest BCUT2D eigenvalue weighted by Gasteiger charge is -2.13. The molecule has 0 unspecified atom stereocenters. The van der Waals surface area contributed by atoms with Crippen LogP contribution < -0.4 is 4.74 Å². The summed E-state index contributed by atoms with van der Waals surface area (Å²) in [5, 5.41) is 9.34. The predicted molar refractivity (Wildman–Crippen MR) is 114 cm³/mol. The summed E-state index contributed by atoms with van der Waals surface area (Å²) in [5.74, 6) is 0.731. The van der Waals surface area contributed by atoms with Crippen LogP contribution in [0, 0.1) is 18.6 Å². The number of thioether (sulfide) groups is 1. The van der Waals surface area contributed by atoms with Gasteiger partial charge in [0, 0.05) is 16.9 Å². The topological polar surface area (TPSA) is 39.9 Å². The van der Waals surface area contributed by atoms with E-state index in [2.05, 4.69) is 10.2 Å². The van der Waals surface area contributed by atoms with Gasteiger partial charge in [-0.05, 0) is 61.0 Å². The summed E-state index contributed by atoms with van der Waals surface area (Å²) in [6, 6.07) is 18.9. The highest BCUT2D eigenvalue weighted by atomic mass is 32.2. The Labute approximate surface area is 177 Å². The average Bonchev–Trinajstić information content (AvgIpc) is 3.18. The minimum Gasteiger partial charge on any atom is -0.497 e. The van der Waals surface area contributed by atoms with Crippen molar-refractivity contribution in [2.24, 2.45) is 0 Å². The van der Waals surface area contributed by atoms with Crippen LogP contribution in [-0.2, 0) is 5.75 Å². The van der Waals surface area contributed by atoms with Crippen LogP contribution in [0.3, 0.4) is 0 Å². The molecule has 0 aliphatic rings. The molecule has 1 heterocycles. The molecule has 0 aliphatic heterocycles. The molecule has 4 rings (SSSR count). The lowest BCUT2D eigenvalue weighted by atomic mass is 10.1. The molecule has 0 fully saturated rings. The van der Waals surface area contributed by atoms with Gasteiger partial charge in [0.25, 0.3) is 0 Å². The number of aryl methyl sites for hydroxylation is 1. The Balaban J connectivity index is 1.76. The molecule has 7 heteroatoms. The number of aromatic nitrogens is 3. The van der Waals surface area contributed by atoms with Gasteiger partial charge in [0.1, 0.15) is 17.4 Å². The second-order valence-corrected chi connectivity index (χ2v) is 7.62. The molecule has 4 aromatic rings. The molecule has 0 saturated carbocycles. The van der Waals surface area contributed by atoms with Gasteiger partial charge in [0.05, 0.1) is 12.8 Å². The summed E-state index contributed by atoms with van der Waals surface area (Å²) in [6.45, 7) is 2.01. The van der Waals surface area contributed by atoms with Crippen molar-refractivity contribution >= 4 is 11.8 Å². The number of nitrogens with zero attached hydrogens (tertiary/aromatic N) is 3. The van der Waals surface area contributed by atoms with Crippen molar-refractivity contribution in [1.29, 1.82) is 0 Å². The molecule has 0 radical (unpaired) electrons. The fourth-order valence-electron chi connectivity index (χ4n) is 3.12. The van der Waals surface area contributed by atoms with E-state index in [1.807, 2.05) is 60.0 Å². The zero-order chi connectivity index (χ0) is 21.1. The molecule has 0 N–H and O–H groups in total. The maximum absolute atomic E-state index is 14.1. The van der Waals surface area contributed by atoms with Crippen LogP contribution in [0.2, 0.25) is 0 Å². The minimum absolute atomic E-state index is 0.232. The molecule has 152 valence electrons. The maximum Gasteiger partial charge on any atom is 0.196 e. The normalized spacial score (nSPS) is 10.9. The number of para-hydroxylation sites is 1. The van der Waals surface area contributed by atoms with Gasteiger partial charge in [-0.3, -0.25) is 4.57 Å². The number of hydrogen-bond donors (Lipinski definition) is 0. The number of ether oxygens (including phenoxy) is 1. The molecule has 0 bridgehead atoms. The quantitative estimate of drug-likeness (QED) is 0.366. The fourth-order valence-corrected chi connectivity index (χ4v) is 4.04. The van der Waals surface area contributed by atoms with Crippen molar-refractivity contribution in [2.75, 3.05) is 7.11 Å². The van der Waals surface area contributed by atoms with Gasteiger partial charge in [-0.2, -0.15) is 0 Å². The van der Waals surface area contributed by atoms with Gasteiger partial charge in [0.15, 0.2) is 11.0 Å². The third-order valence-corrected chi connectivity index (χ3v) is 5.68. The molecule has 0 atom stereocenters. The van der Waals surface area contributed by atoms with Crippen molar-refractivity contribution in [1.82, 2.24) is 14.8 Å². The first-order valence-corrected chi connectivity index (χ1v) is 10.3. The average molecular weight is 423 g/mol. The van der Waals surface area contributed by atoms with E-state index in [1.54, 1.807) is 7.11 Å². The van der Waals surface area contributed by atoms with E-state index in [0.717, 1.165) is 34.7 Å². The van der Waals surface area contributed by atoms with Crippen LogP contribution in [0.4, 0.5) is 8.78 Å². The smallest absolute Gasteiger partial charge is 0.196 e. The maximum atomic E-state index is 14.1. The van der Waals surface area contributed by atoms with Crippen LogP contribution in [0.5, 0.6) is 5.75 Å². The van der Waals surface area contributed by atoms with Crippen molar-refractivity contribution in [3.05, 3.63) is 89.5 Å². The van der Waals surface area contributed by atoms with Gasteiger partial charge in [-0.15, -0.1) is 10.2 Å². The van der Waals surface area contributed by atoms with Crippen LogP contribution in [0.15, 0.2) is 71.9 Å². The van der Waals surface area contributed by atoms with Gasteiger partial charge in [-0.25, -0.2) is 8.78 Å². The van der Waals surface area contributed by atoms with E-state index in [4.69, 9.17) is 4.74 Å². The number of benzene rings is 3. The summed E-state index contributed by atoms with van der Waals surface area (Å²) in [5.41, 5.74) is 3.13. The van der Waals surface area contributed by atoms with Crippen molar-refractivity contribution in [3.63, 3.8) is 0 Å². The molecular formula is C23H19F2N3OS. The first-order chi connectivity index (χ1) is 14.6. The highest BCUT2D eigenvalue weighted by Gasteiger charge is 2.18. The zero-order valence-corrected chi connectivity index (χ0v) is 17.3. The van der Waals surface area contributed by atoms with E-state index in [1.165, 1.54) is 17.8 Å². The Hall–Kier alpha value is -3.19. The Morgan fingerprint density at radius 3 is 2.47 bits per heavy atom. The monoisotopic (exact) mass is 423 g/mol. The molecule has 0 saturated heterocycles. The Bertz CT molecular complexity index is 1180. The lowest BCUT2D eigenvalue weighted by Crippen LogP contribution is -2.02. The number of halogens is 2. The standard InChI is InChI=1S/C23H19F2N3OS/c1-15-5-3-4-6-21(15)28-22(16-7-10-19(29-2)11-8-16)26-27-23(28)30-14-17-13-18(24)9-12-20(17)25/h3-13H,14H2,1-2H3. The molecule has 0 spiro atoms. The van der Waals surface area contributed by atoms with Crippen LogP contribution in [-0.4, -0.2) is 21.9 Å². The Morgan fingerprint density at radius 1 is 0.967 bits per heavy atom. The number of hydrogen-bond acceptors (Lipinski definition) is 4. The third-order valence-electron chi connectivity index (χ3n) is 4.70. The van der Waals surface area contributed by atoms with Crippen LogP contribution >= 0.6 is 11.8 Å². The summed E-state index contributed by atoms with van der Waals surface area (Å²) >= 11 is 1.31. The molecule has 3 aromatic carbocycles. The van der Waals surface area contributed by atoms with Crippen molar-refractivity contribution in [3.8, 4) is 22.8 Å². The van der Waals surface area contributed by atoms with Crippen LogP contribution in [0.25, 0.3) is 17.1 Å². The van der Waals surface area contributed by atoms with Crippen LogP contribution in [0.1, 0.15) is 11.1 Å². The summed E-state index contributed by atoms with van der Waals surface area (Å²) in [4.78, 5) is 0. The summed E-state index contributed by atoms with van der Waals surface area (Å²) < 4.78 is 34.8. The number of methoxy groups -OCH3 is 1. The van der Waals surface area contributed by atoms with Gasteiger partial charge in [0.2, 0.25) is 0 Å². The molecule has 4 nitrogen and oxygen atoms in total. The van der Waals surface area contributed by atoms with Gasteiger partial charge in [-0.1, -0.05) is 30.0 Å². The summed E-state index contributed by atoms with van der Waals surface area (Å²) in [7, 11) is 1.62. The fraction of sp³-hybridized carbons (Fsp3) is 0.130. The van der Waals surface area contributed by atoms with Gasteiger partial charge < -0.3 is 4.74 Å². The largest absolute Gasteiger partial charge is 0.497 e. The second-order valence-electron chi connectivity index (χ2n) is 6.68. The highest BCUT2D eigenvalue weighted by molar-refractivity contribution is 7.98.